The minimum absolute atomic E-state index is 0.107. The van der Waals surface area contributed by atoms with E-state index in [0.29, 0.717) is 37.8 Å². The summed E-state index contributed by atoms with van der Waals surface area (Å²) in [5, 5.41) is 25.5. The molecule has 1 unspecified atom stereocenters. The molecule has 19 heteroatoms. The predicted octanol–water partition coefficient (Wildman–Crippen LogP) is 7.08. The van der Waals surface area contributed by atoms with Gasteiger partial charge in [-0.1, -0.05) is 30.3 Å². The van der Waals surface area contributed by atoms with Crippen LogP contribution in [0.3, 0.4) is 0 Å². The lowest BCUT2D eigenvalue weighted by atomic mass is 9.81. The highest BCUT2D eigenvalue weighted by Gasteiger charge is 2.66. The van der Waals surface area contributed by atoms with Gasteiger partial charge in [0.25, 0.3) is 5.91 Å². The molecular weight excluding hydrogens is 865 g/mol. The summed E-state index contributed by atoms with van der Waals surface area (Å²) in [5.74, 6) is -17.0. The van der Waals surface area contributed by atoms with Crippen molar-refractivity contribution in [3.8, 4) is 22.5 Å². The molecule has 4 aromatic rings. The van der Waals surface area contributed by atoms with E-state index in [2.05, 4.69) is 48.4 Å². The zero-order chi connectivity index (χ0) is 48.0. The van der Waals surface area contributed by atoms with Gasteiger partial charge in [0.15, 0.2) is 5.82 Å². The Kier molecular flexibility index (Phi) is 15.2. The number of benzene rings is 3. The third-order valence-corrected chi connectivity index (χ3v) is 11.9. The highest BCUT2D eigenvalue weighted by molar-refractivity contribution is 5.98. The first kappa shape index (κ1) is 49.1. The number of hydrogen-bond donors (Lipinski definition) is 6. The molecule has 2 aliphatic rings. The number of alkyl carbamates (subject to hydrolysis) is 1. The average Bonchev–Trinajstić information content (AvgIpc) is 3.78. The molecule has 1 saturated heterocycles. The van der Waals surface area contributed by atoms with Crippen molar-refractivity contribution in [1.29, 1.82) is 0 Å². The van der Waals surface area contributed by atoms with Crippen LogP contribution in [-0.2, 0) is 31.5 Å². The Bertz CT molecular complexity index is 2370. The molecule has 0 bridgehead atoms. The molecule has 3 aromatic carbocycles. The van der Waals surface area contributed by atoms with E-state index < -0.39 is 47.3 Å². The SMILES string of the molecule is Cc1cc(C(=O)NC2CCN(C)CC2)ccc1-c1ccc(CC(NC(=O)C2CCC(CNC(=O)OC(C)(C)C)CC2)C(=O)Nc2ccc(-c3nc(C(F)(F)C(F)(F)C(=O)O)n[nH]3)cc2)cc1. The molecule has 1 atom stereocenters. The Morgan fingerprint density at radius 1 is 0.879 bits per heavy atom. The maximum absolute atomic E-state index is 14.3. The molecule has 354 valence electrons. The number of aliphatic carboxylic acids is 1. The minimum atomic E-state index is -5.47. The number of amides is 4. The molecule has 1 aliphatic heterocycles. The number of ether oxygens (including phenoxy) is 1. The third kappa shape index (κ3) is 12.3. The number of piperidine rings is 1. The Labute approximate surface area is 379 Å². The normalized spacial score (nSPS) is 17.9. The van der Waals surface area contributed by atoms with Crippen molar-refractivity contribution in [2.45, 2.75) is 102 Å². The van der Waals surface area contributed by atoms with Crippen molar-refractivity contribution < 1.29 is 51.4 Å². The number of anilines is 1. The molecule has 0 radical (unpaired) electrons. The van der Waals surface area contributed by atoms with E-state index in [9.17, 15) is 41.5 Å². The summed E-state index contributed by atoms with van der Waals surface area (Å²) < 4.78 is 61.5. The number of nitrogens with one attached hydrogen (secondary N) is 5. The summed E-state index contributed by atoms with van der Waals surface area (Å²) in [6.45, 7) is 9.55. The van der Waals surface area contributed by atoms with Crippen LogP contribution in [0.1, 0.15) is 86.6 Å². The molecule has 6 rings (SSSR count). The number of carboxylic acid groups (broad SMARTS) is 1. The summed E-state index contributed by atoms with van der Waals surface area (Å²) in [6, 6.07) is 17.7. The zero-order valence-electron chi connectivity index (χ0n) is 37.5. The van der Waals surface area contributed by atoms with Crippen molar-refractivity contribution in [1.82, 2.24) is 36.0 Å². The fourth-order valence-corrected chi connectivity index (χ4v) is 8.02. The van der Waals surface area contributed by atoms with E-state index >= 15 is 0 Å². The fraction of sp³-hybridized carbons (Fsp3) is 0.468. The quantitative estimate of drug-likeness (QED) is 0.0668. The number of aromatic nitrogens is 3. The largest absolute Gasteiger partial charge is 0.477 e. The first-order chi connectivity index (χ1) is 31.1. The summed E-state index contributed by atoms with van der Waals surface area (Å²) in [7, 11) is 2.07. The number of carbonyl (C=O) groups is 5. The van der Waals surface area contributed by atoms with Crippen molar-refractivity contribution in [2.24, 2.45) is 11.8 Å². The van der Waals surface area contributed by atoms with Gasteiger partial charge in [0.2, 0.25) is 17.6 Å². The number of halogens is 4. The molecule has 2 heterocycles. The lowest BCUT2D eigenvalue weighted by molar-refractivity contribution is -0.231. The summed E-state index contributed by atoms with van der Waals surface area (Å²) in [6.07, 6.45) is 3.83. The van der Waals surface area contributed by atoms with Crippen LogP contribution in [0.2, 0.25) is 0 Å². The smallest absolute Gasteiger partial charge is 0.411 e. The first-order valence-corrected chi connectivity index (χ1v) is 21.9. The van der Waals surface area contributed by atoms with Gasteiger partial charge in [-0.15, -0.1) is 0 Å². The van der Waals surface area contributed by atoms with Crippen LogP contribution in [0.4, 0.5) is 28.0 Å². The molecule has 66 heavy (non-hydrogen) atoms. The lowest BCUT2D eigenvalue weighted by Crippen LogP contribution is -2.48. The van der Waals surface area contributed by atoms with Crippen LogP contribution in [-0.4, -0.2) is 105 Å². The first-order valence-electron chi connectivity index (χ1n) is 21.9. The molecule has 1 aromatic heterocycles. The Balaban J connectivity index is 1.13. The second-order valence-electron chi connectivity index (χ2n) is 18.2. The van der Waals surface area contributed by atoms with Gasteiger partial charge in [-0.3, -0.25) is 19.5 Å². The molecule has 1 saturated carbocycles. The summed E-state index contributed by atoms with van der Waals surface area (Å²) in [4.78, 5) is 69.4. The number of likely N-dealkylation sites (tertiary alicyclic amines) is 1. The van der Waals surface area contributed by atoms with E-state index in [1.54, 1.807) is 26.8 Å². The number of carboxylic acids is 1. The predicted molar refractivity (Wildman–Crippen MR) is 237 cm³/mol. The zero-order valence-corrected chi connectivity index (χ0v) is 37.5. The standard InChI is InChI=1S/C47H56F4N8O7/c1-27-24-33(40(61)53-35-20-22-59(5)23-21-35)16-19-36(27)30-10-6-28(7-11-30)25-37(55-39(60)32-12-8-29(9-13-32)26-52-44(65)66-45(2,3)4)41(62)54-34-17-14-31(15-18-34)38-56-42(58-57-38)46(48,49)47(50,51)43(63)64/h6-7,10-11,14-19,24,29,32,35,37H,8-9,12-13,20-23,25-26H2,1-5H3,(H,52,65)(H,53,61)(H,54,62)(H,55,60)(H,63,64)(H,56,57,58). The number of aryl methyl sites for hydroxylation is 1. The molecule has 6 N–H and O–H groups in total. The van der Waals surface area contributed by atoms with Gasteiger partial charge in [-0.25, -0.2) is 14.6 Å². The lowest BCUT2D eigenvalue weighted by Gasteiger charge is -2.29. The number of aromatic amines is 1. The Hall–Kier alpha value is -6.37. The maximum Gasteiger partial charge on any atom is 0.411 e. The van der Waals surface area contributed by atoms with Crippen LogP contribution >= 0.6 is 0 Å². The van der Waals surface area contributed by atoms with Gasteiger partial charge >= 0.3 is 23.9 Å². The maximum atomic E-state index is 14.3. The average molecular weight is 921 g/mol. The molecule has 4 amide bonds. The molecular formula is C47H56F4N8O7. The van der Waals surface area contributed by atoms with Crippen molar-refractivity contribution >= 4 is 35.5 Å². The number of alkyl halides is 4. The number of H-pyrrole nitrogens is 1. The number of nitrogens with zero attached hydrogens (tertiary/aromatic N) is 3. The highest BCUT2D eigenvalue weighted by Crippen LogP contribution is 2.42. The fourth-order valence-electron chi connectivity index (χ4n) is 8.02. The number of rotatable bonds is 15. The molecule has 15 nitrogen and oxygen atoms in total. The second kappa shape index (κ2) is 20.4. The monoisotopic (exact) mass is 920 g/mol. The van der Waals surface area contributed by atoms with Crippen LogP contribution in [0, 0.1) is 18.8 Å². The van der Waals surface area contributed by atoms with Crippen LogP contribution < -0.4 is 21.3 Å². The van der Waals surface area contributed by atoms with Crippen LogP contribution in [0.25, 0.3) is 22.5 Å². The Morgan fingerprint density at radius 3 is 2.12 bits per heavy atom. The van der Waals surface area contributed by atoms with Crippen molar-refractivity contribution in [2.75, 3.05) is 32.0 Å². The highest BCUT2D eigenvalue weighted by atomic mass is 19.3. The van der Waals surface area contributed by atoms with Crippen LogP contribution in [0.15, 0.2) is 66.7 Å². The summed E-state index contributed by atoms with van der Waals surface area (Å²) >= 11 is 0. The molecule has 1 aliphatic carbocycles. The minimum Gasteiger partial charge on any atom is -0.477 e. The van der Waals surface area contributed by atoms with E-state index in [4.69, 9.17) is 9.84 Å². The van der Waals surface area contributed by atoms with Gasteiger partial charge < -0.3 is 36.0 Å². The van der Waals surface area contributed by atoms with Gasteiger partial charge in [-0.2, -0.15) is 22.7 Å². The van der Waals surface area contributed by atoms with E-state index in [-0.39, 0.29) is 53.2 Å². The topological polar surface area (TPSA) is 208 Å². The third-order valence-electron chi connectivity index (χ3n) is 11.9. The van der Waals surface area contributed by atoms with E-state index in [1.165, 1.54) is 24.3 Å². The van der Waals surface area contributed by atoms with E-state index in [1.807, 2.05) is 43.3 Å². The Morgan fingerprint density at radius 2 is 1.52 bits per heavy atom. The van der Waals surface area contributed by atoms with Gasteiger partial charge in [0, 0.05) is 41.7 Å². The molecule has 0 spiro atoms. The number of carbonyl (C=O) groups excluding carboxylic acids is 4. The van der Waals surface area contributed by atoms with E-state index in [0.717, 1.165) is 48.2 Å². The molecule has 2 fully saturated rings. The van der Waals surface area contributed by atoms with Crippen molar-refractivity contribution in [3.05, 3.63) is 89.2 Å². The summed E-state index contributed by atoms with van der Waals surface area (Å²) in [5.41, 5.74) is 3.77. The van der Waals surface area contributed by atoms with Gasteiger partial charge in [0.1, 0.15) is 11.6 Å². The van der Waals surface area contributed by atoms with Gasteiger partial charge in [0.05, 0.1) is 0 Å². The number of hydrogen-bond acceptors (Lipinski definition) is 9. The van der Waals surface area contributed by atoms with Gasteiger partial charge in [-0.05, 0) is 151 Å². The second-order valence-corrected chi connectivity index (χ2v) is 18.2. The van der Waals surface area contributed by atoms with Crippen molar-refractivity contribution in [3.63, 3.8) is 0 Å². The van der Waals surface area contributed by atoms with Crippen LogP contribution in [0.5, 0.6) is 0 Å².